The van der Waals surface area contributed by atoms with Gasteiger partial charge >= 0.3 is 0 Å². The van der Waals surface area contributed by atoms with Gasteiger partial charge in [-0.2, -0.15) is 0 Å². The van der Waals surface area contributed by atoms with Crippen LogP contribution < -0.4 is 21.7 Å². The zero-order chi connectivity index (χ0) is 23.5. The monoisotopic (exact) mass is 476 g/mol. The number of benzene rings is 1. The predicted molar refractivity (Wildman–Crippen MR) is 134 cm³/mol. The summed E-state index contributed by atoms with van der Waals surface area (Å²) >= 11 is 6.16. The first-order chi connectivity index (χ1) is 16.6. The van der Waals surface area contributed by atoms with Crippen molar-refractivity contribution < 1.29 is 4.79 Å². The van der Waals surface area contributed by atoms with Gasteiger partial charge in [-0.05, 0) is 43.9 Å². The SMILES string of the molecule is NC1CCC(Nc2cc(Nc3ccccc3)c3ncc(C(=O)Nc4ccncc4Cl)n3n2)CC1. The first-order valence-corrected chi connectivity index (χ1v) is 11.6. The number of amides is 1. The Kier molecular flexibility index (Phi) is 6.29. The second-order valence-electron chi connectivity index (χ2n) is 8.38. The van der Waals surface area contributed by atoms with Crippen LogP contribution >= 0.6 is 11.6 Å². The van der Waals surface area contributed by atoms with Gasteiger partial charge in [-0.25, -0.2) is 9.50 Å². The second-order valence-corrected chi connectivity index (χ2v) is 8.79. The summed E-state index contributed by atoms with van der Waals surface area (Å²) in [7, 11) is 0. The number of hydrogen-bond donors (Lipinski definition) is 4. The van der Waals surface area contributed by atoms with Gasteiger partial charge in [0.1, 0.15) is 5.82 Å². The number of anilines is 4. The first kappa shape index (κ1) is 22.1. The van der Waals surface area contributed by atoms with Gasteiger partial charge in [0.15, 0.2) is 11.3 Å². The Morgan fingerprint density at radius 2 is 1.85 bits per heavy atom. The molecule has 1 amide bonds. The normalized spacial score (nSPS) is 17.9. The van der Waals surface area contributed by atoms with E-state index in [-0.39, 0.29) is 23.7 Å². The van der Waals surface area contributed by atoms with E-state index in [0.29, 0.717) is 22.2 Å². The molecule has 3 aromatic heterocycles. The number of nitrogens with one attached hydrogen (secondary N) is 3. The van der Waals surface area contributed by atoms with Crippen molar-refractivity contribution in [1.29, 1.82) is 0 Å². The van der Waals surface area contributed by atoms with Crippen molar-refractivity contribution in [2.24, 2.45) is 5.73 Å². The summed E-state index contributed by atoms with van der Waals surface area (Å²) in [5.41, 5.74) is 8.99. The Labute approximate surface area is 201 Å². The van der Waals surface area contributed by atoms with Crippen LogP contribution in [0.25, 0.3) is 5.65 Å². The fraction of sp³-hybridized carbons (Fsp3) is 0.250. The molecule has 4 aromatic rings. The van der Waals surface area contributed by atoms with Gasteiger partial charge < -0.3 is 21.7 Å². The molecule has 0 bridgehead atoms. The van der Waals surface area contributed by atoms with Crippen LogP contribution in [-0.4, -0.2) is 37.6 Å². The Morgan fingerprint density at radius 1 is 1.06 bits per heavy atom. The van der Waals surface area contributed by atoms with Crippen LogP contribution in [-0.2, 0) is 0 Å². The molecule has 0 aliphatic heterocycles. The van der Waals surface area contributed by atoms with Gasteiger partial charge in [-0.15, -0.1) is 5.10 Å². The van der Waals surface area contributed by atoms with Crippen LogP contribution in [0.2, 0.25) is 5.02 Å². The fourth-order valence-electron chi connectivity index (χ4n) is 4.10. The summed E-state index contributed by atoms with van der Waals surface area (Å²) in [6, 6.07) is 13.9. The zero-order valence-electron chi connectivity index (χ0n) is 18.4. The number of imidazole rings is 1. The largest absolute Gasteiger partial charge is 0.366 e. The number of rotatable bonds is 6. The lowest BCUT2D eigenvalue weighted by Gasteiger charge is -2.27. The fourth-order valence-corrected chi connectivity index (χ4v) is 4.26. The van der Waals surface area contributed by atoms with Crippen molar-refractivity contribution in [1.82, 2.24) is 19.6 Å². The van der Waals surface area contributed by atoms with Crippen molar-refractivity contribution >= 4 is 46.0 Å². The van der Waals surface area contributed by atoms with Crippen LogP contribution in [0.1, 0.15) is 36.2 Å². The molecular weight excluding hydrogens is 452 g/mol. The number of hydrogen-bond acceptors (Lipinski definition) is 7. The van der Waals surface area contributed by atoms with Gasteiger partial charge in [0.2, 0.25) is 0 Å². The number of carbonyl (C=O) groups excluding carboxylic acids is 1. The lowest BCUT2D eigenvalue weighted by Crippen LogP contribution is -2.33. The molecular formula is C24H25ClN8O. The van der Waals surface area contributed by atoms with Crippen LogP contribution in [0.5, 0.6) is 0 Å². The van der Waals surface area contributed by atoms with E-state index in [0.717, 1.165) is 37.1 Å². The lowest BCUT2D eigenvalue weighted by molar-refractivity contribution is 0.102. The third-order valence-corrected chi connectivity index (χ3v) is 6.20. The van der Waals surface area contributed by atoms with Crippen molar-refractivity contribution in [2.75, 3.05) is 16.0 Å². The molecule has 0 saturated heterocycles. The molecule has 3 heterocycles. The van der Waals surface area contributed by atoms with Crippen LogP contribution in [0.15, 0.2) is 61.1 Å². The average Bonchev–Trinajstić information content (AvgIpc) is 3.27. The summed E-state index contributed by atoms with van der Waals surface area (Å²) in [6.45, 7) is 0. The molecule has 0 radical (unpaired) electrons. The predicted octanol–water partition coefficient (Wildman–Crippen LogP) is 4.46. The number of carbonyl (C=O) groups is 1. The molecule has 9 nitrogen and oxygen atoms in total. The summed E-state index contributed by atoms with van der Waals surface area (Å²) in [5, 5.41) is 14.8. The highest BCUT2D eigenvalue weighted by atomic mass is 35.5. The van der Waals surface area contributed by atoms with Crippen LogP contribution in [0.3, 0.4) is 0 Å². The van der Waals surface area contributed by atoms with E-state index in [9.17, 15) is 4.79 Å². The summed E-state index contributed by atoms with van der Waals surface area (Å²) in [4.78, 5) is 21.5. The van der Waals surface area contributed by atoms with Crippen molar-refractivity contribution in [3.8, 4) is 0 Å². The standard InChI is InChI=1S/C24H25ClN8O/c25-18-13-27-11-10-19(18)31-24(34)21-14-28-23-20(29-16-4-2-1-3-5-16)12-22(32-33(21)23)30-17-8-6-15(26)7-9-17/h1-5,10-15,17,29H,6-9,26H2,(H,30,32)(H,27,31,34). The number of nitrogens with two attached hydrogens (primary N) is 1. The summed E-state index contributed by atoms with van der Waals surface area (Å²) in [6.07, 6.45) is 8.44. The highest BCUT2D eigenvalue weighted by Crippen LogP contribution is 2.27. The second kappa shape index (κ2) is 9.66. The maximum Gasteiger partial charge on any atom is 0.276 e. The molecule has 1 saturated carbocycles. The van der Waals surface area contributed by atoms with Gasteiger partial charge in [-0.3, -0.25) is 9.78 Å². The Morgan fingerprint density at radius 3 is 2.62 bits per heavy atom. The molecule has 1 aliphatic rings. The minimum atomic E-state index is -0.375. The van der Waals surface area contributed by atoms with Gasteiger partial charge in [0.25, 0.3) is 5.91 Å². The summed E-state index contributed by atoms with van der Waals surface area (Å²) in [5.74, 6) is 0.278. The maximum absolute atomic E-state index is 13.1. The Balaban J connectivity index is 1.50. The van der Waals surface area contributed by atoms with Gasteiger partial charge in [0, 0.05) is 36.2 Å². The van der Waals surface area contributed by atoms with E-state index >= 15 is 0 Å². The molecule has 1 aromatic carbocycles. The molecule has 5 rings (SSSR count). The van der Waals surface area contributed by atoms with Crippen molar-refractivity contribution in [3.05, 3.63) is 71.8 Å². The van der Waals surface area contributed by atoms with Gasteiger partial charge in [-0.1, -0.05) is 29.8 Å². The molecule has 0 spiro atoms. The Bertz CT molecular complexity index is 1300. The smallest absolute Gasteiger partial charge is 0.276 e. The van der Waals surface area contributed by atoms with E-state index in [1.165, 1.54) is 12.4 Å². The van der Waals surface area contributed by atoms with E-state index < -0.39 is 0 Å². The molecule has 0 unspecified atom stereocenters. The average molecular weight is 477 g/mol. The number of aromatic nitrogens is 4. The summed E-state index contributed by atoms with van der Waals surface area (Å²) < 4.78 is 1.55. The van der Waals surface area contributed by atoms with E-state index in [1.54, 1.807) is 16.8 Å². The lowest BCUT2D eigenvalue weighted by atomic mass is 9.92. The first-order valence-electron chi connectivity index (χ1n) is 11.2. The molecule has 174 valence electrons. The van der Waals surface area contributed by atoms with Gasteiger partial charge in [0.05, 0.1) is 22.6 Å². The van der Waals surface area contributed by atoms with Crippen LogP contribution in [0.4, 0.5) is 22.9 Å². The highest BCUT2D eigenvalue weighted by Gasteiger charge is 2.21. The molecule has 34 heavy (non-hydrogen) atoms. The number of nitrogens with zero attached hydrogens (tertiary/aromatic N) is 4. The number of halogens is 1. The maximum atomic E-state index is 13.1. The molecule has 10 heteroatoms. The number of pyridine rings is 1. The Hall–Kier alpha value is -3.69. The quantitative estimate of drug-likeness (QED) is 0.324. The van der Waals surface area contributed by atoms with Crippen LogP contribution in [0, 0.1) is 0 Å². The minimum absolute atomic E-state index is 0.257. The third-order valence-electron chi connectivity index (χ3n) is 5.90. The third kappa shape index (κ3) is 4.80. The van der Waals surface area contributed by atoms with E-state index in [1.807, 2.05) is 36.4 Å². The van der Waals surface area contributed by atoms with Crippen molar-refractivity contribution in [2.45, 2.75) is 37.8 Å². The molecule has 5 N–H and O–H groups in total. The molecule has 1 fully saturated rings. The van der Waals surface area contributed by atoms with E-state index in [4.69, 9.17) is 22.4 Å². The molecule has 0 atom stereocenters. The highest BCUT2D eigenvalue weighted by molar-refractivity contribution is 6.33. The minimum Gasteiger partial charge on any atom is -0.366 e. The van der Waals surface area contributed by atoms with Crippen molar-refractivity contribution in [3.63, 3.8) is 0 Å². The number of fused-ring (bicyclic) bond motifs is 1. The number of para-hydroxylation sites is 1. The van der Waals surface area contributed by atoms with E-state index in [2.05, 4.69) is 25.9 Å². The topological polar surface area (TPSA) is 122 Å². The molecule has 1 aliphatic carbocycles. The zero-order valence-corrected chi connectivity index (χ0v) is 19.2.